The molecule has 0 spiro atoms. The highest BCUT2D eigenvalue weighted by Gasteiger charge is 2.23. The highest BCUT2D eigenvalue weighted by molar-refractivity contribution is 7.99. The quantitative estimate of drug-likeness (QED) is 0.733. The van der Waals surface area contributed by atoms with Gasteiger partial charge >= 0.3 is 0 Å². The molecule has 0 radical (unpaired) electrons. The van der Waals surface area contributed by atoms with Gasteiger partial charge < -0.3 is 15.2 Å². The van der Waals surface area contributed by atoms with E-state index >= 15 is 0 Å². The zero-order valence-electron chi connectivity index (χ0n) is 17.5. The number of nitrogens with zero attached hydrogens (tertiary/aromatic N) is 3. The maximum absolute atomic E-state index is 12.3. The molecule has 1 aromatic carbocycles. The largest absolute Gasteiger partial charge is 0.354 e. The van der Waals surface area contributed by atoms with Gasteiger partial charge in [0.15, 0.2) is 11.0 Å². The first kappa shape index (κ1) is 21.4. The zero-order chi connectivity index (χ0) is 21.0. The van der Waals surface area contributed by atoms with Gasteiger partial charge in [-0.25, -0.2) is 0 Å². The van der Waals surface area contributed by atoms with Crippen molar-refractivity contribution in [2.75, 3.05) is 12.3 Å². The Hall–Kier alpha value is -2.35. The van der Waals surface area contributed by atoms with Gasteiger partial charge in [0.1, 0.15) is 6.04 Å². The molecule has 0 unspecified atom stereocenters. The van der Waals surface area contributed by atoms with Crippen molar-refractivity contribution < 1.29 is 9.59 Å². The Kier molecular flexibility index (Phi) is 6.62. The van der Waals surface area contributed by atoms with Crippen LogP contribution in [0.3, 0.4) is 0 Å². The van der Waals surface area contributed by atoms with Crippen molar-refractivity contribution >= 4 is 23.6 Å². The van der Waals surface area contributed by atoms with E-state index in [0.29, 0.717) is 18.1 Å². The Labute approximate surface area is 176 Å². The van der Waals surface area contributed by atoms with Gasteiger partial charge in [0.25, 0.3) is 0 Å². The van der Waals surface area contributed by atoms with E-state index in [4.69, 9.17) is 0 Å². The normalized spacial score (nSPS) is 17.5. The van der Waals surface area contributed by atoms with Crippen molar-refractivity contribution in [3.8, 4) is 11.4 Å². The van der Waals surface area contributed by atoms with E-state index in [2.05, 4.69) is 65.9 Å². The SMILES string of the molecule is Cn1c(SCC(=O)N[C@@H]2CCCCNC2=O)nnc1-c1ccc(C(C)(C)C)cc1. The van der Waals surface area contributed by atoms with Crippen LogP contribution in [0.2, 0.25) is 0 Å². The molecule has 1 atom stereocenters. The molecule has 3 rings (SSSR count). The molecule has 0 saturated carbocycles. The minimum atomic E-state index is -0.443. The number of carbonyl (C=O) groups is 2. The highest BCUT2D eigenvalue weighted by atomic mass is 32.2. The van der Waals surface area contributed by atoms with Crippen LogP contribution in [0.25, 0.3) is 11.4 Å². The minimum absolute atomic E-state index is 0.0968. The minimum Gasteiger partial charge on any atom is -0.354 e. The van der Waals surface area contributed by atoms with Crippen LogP contribution in [-0.4, -0.2) is 44.9 Å². The number of benzene rings is 1. The van der Waals surface area contributed by atoms with E-state index in [9.17, 15) is 9.59 Å². The van der Waals surface area contributed by atoms with Crippen LogP contribution in [0.1, 0.15) is 45.6 Å². The van der Waals surface area contributed by atoms with Crippen LogP contribution in [0.4, 0.5) is 0 Å². The number of hydrogen-bond acceptors (Lipinski definition) is 5. The van der Waals surface area contributed by atoms with Gasteiger partial charge in [-0.15, -0.1) is 10.2 Å². The number of thioether (sulfide) groups is 1. The van der Waals surface area contributed by atoms with Crippen molar-refractivity contribution in [1.82, 2.24) is 25.4 Å². The third-order valence-corrected chi connectivity index (χ3v) is 6.07. The number of amides is 2. The van der Waals surface area contributed by atoms with Crippen molar-refractivity contribution in [3.05, 3.63) is 29.8 Å². The number of rotatable bonds is 5. The molecule has 2 aromatic rings. The van der Waals surface area contributed by atoms with E-state index in [0.717, 1.165) is 24.2 Å². The summed E-state index contributed by atoms with van der Waals surface area (Å²) in [5.41, 5.74) is 2.35. The first-order chi connectivity index (χ1) is 13.8. The van der Waals surface area contributed by atoms with Crippen molar-refractivity contribution in [2.45, 2.75) is 56.6 Å². The van der Waals surface area contributed by atoms with Crippen LogP contribution in [0, 0.1) is 0 Å². The average molecular weight is 416 g/mol. The second-order valence-corrected chi connectivity index (χ2v) is 9.33. The molecule has 1 saturated heterocycles. The summed E-state index contributed by atoms with van der Waals surface area (Å²) in [6.07, 6.45) is 2.56. The summed E-state index contributed by atoms with van der Waals surface area (Å²) in [6, 6.07) is 7.89. The third-order valence-electron chi connectivity index (χ3n) is 5.05. The fraction of sp³-hybridized carbons (Fsp3) is 0.524. The summed E-state index contributed by atoms with van der Waals surface area (Å²) in [5, 5.41) is 14.8. The van der Waals surface area contributed by atoms with E-state index in [1.807, 2.05) is 11.6 Å². The number of nitrogens with one attached hydrogen (secondary N) is 2. The van der Waals surface area contributed by atoms with Crippen LogP contribution in [0.15, 0.2) is 29.4 Å². The van der Waals surface area contributed by atoms with Crippen LogP contribution >= 0.6 is 11.8 Å². The van der Waals surface area contributed by atoms with Gasteiger partial charge in [-0.1, -0.05) is 56.8 Å². The first-order valence-corrected chi connectivity index (χ1v) is 10.9. The molecular weight excluding hydrogens is 386 g/mol. The molecule has 1 aliphatic heterocycles. The molecule has 29 heavy (non-hydrogen) atoms. The summed E-state index contributed by atoms with van der Waals surface area (Å²) in [5.74, 6) is 0.687. The molecule has 0 bridgehead atoms. The fourth-order valence-corrected chi connectivity index (χ4v) is 3.98. The number of aromatic nitrogens is 3. The maximum Gasteiger partial charge on any atom is 0.242 e. The van der Waals surface area contributed by atoms with E-state index in [1.54, 1.807) is 0 Å². The van der Waals surface area contributed by atoms with Gasteiger partial charge in [0.05, 0.1) is 5.75 Å². The molecular formula is C21H29N5O2S. The average Bonchev–Trinajstić information content (AvgIpc) is 2.92. The predicted octanol–water partition coefficient (Wildman–Crippen LogP) is 2.66. The third kappa shape index (κ3) is 5.38. The van der Waals surface area contributed by atoms with Crippen molar-refractivity contribution in [3.63, 3.8) is 0 Å². The lowest BCUT2D eigenvalue weighted by atomic mass is 9.87. The Morgan fingerprint density at radius 3 is 2.66 bits per heavy atom. The lowest BCUT2D eigenvalue weighted by Crippen LogP contribution is -2.46. The fourth-order valence-electron chi connectivity index (χ4n) is 3.25. The van der Waals surface area contributed by atoms with E-state index < -0.39 is 6.04 Å². The summed E-state index contributed by atoms with van der Waals surface area (Å²) < 4.78 is 1.89. The molecule has 1 aliphatic rings. The molecule has 0 aliphatic carbocycles. The summed E-state index contributed by atoms with van der Waals surface area (Å²) in [7, 11) is 1.89. The second-order valence-electron chi connectivity index (χ2n) is 8.39. The smallest absolute Gasteiger partial charge is 0.242 e. The lowest BCUT2D eigenvalue weighted by molar-refractivity contribution is -0.127. The van der Waals surface area contributed by atoms with E-state index in [-0.39, 0.29) is 23.0 Å². The van der Waals surface area contributed by atoms with Crippen molar-refractivity contribution in [2.24, 2.45) is 7.05 Å². The van der Waals surface area contributed by atoms with Crippen LogP contribution < -0.4 is 10.6 Å². The van der Waals surface area contributed by atoms with E-state index in [1.165, 1.54) is 17.3 Å². The molecule has 7 nitrogen and oxygen atoms in total. The Morgan fingerprint density at radius 1 is 1.24 bits per heavy atom. The van der Waals surface area contributed by atoms with Gasteiger partial charge in [-0.05, 0) is 30.2 Å². The number of hydrogen-bond donors (Lipinski definition) is 2. The molecule has 2 amide bonds. The number of carbonyl (C=O) groups excluding carboxylic acids is 2. The van der Waals surface area contributed by atoms with Gasteiger partial charge in [-0.2, -0.15) is 0 Å². The molecule has 2 heterocycles. The Morgan fingerprint density at radius 2 is 1.97 bits per heavy atom. The Bertz CT molecular complexity index is 870. The Balaban J connectivity index is 1.61. The first-order valence-electron chi connectivity index (χ1n) is 9.96. The standard InChI is InChI=1S/C21H29N5O2S/c1-21(2,3)15-10-8-14(9-11-15)18-24-25-20(26(18)4)29-13-17(27)23-16-7-5-6-12-22-19(16)28/h8-11,16H,5-7,12-13H2,1-4H3,(H,22,28)(H,23,27)/t16-/m1/s1. The zero-order valence-corrected chi connectivity index (χ0v) is 18.3. The molecule has 156 valence electrons. The predicted molar refractivity (Wildman–Crippen MR) is 115 cm³/mol. The van der Waals surface area contributed by atoms with Gasteiger partial charge in [0, 0.05) is 19.2 Å². The van der Waals surface area contributed by atoms with Gasteiger partial charge in [-0.3, -0.25) is 9.59 Å². The summed E-state index contributed by atoms with van der Waals surface area (Å²) >= 11 is 1.32. The lowest BCUT2D eigenvalue weighted by Gasteiger charge is -2.19. The second kappa shape index (κ2) is 8.98. The summed E-state index contributed by atoms with van der Waals surface area (Å²) in [6.45, 7) is 7.23. The monoisotopic (exact) mass is 415 g/mol. The summed E-state index contributed by atoms with van der Waals surface area (Å²) in [4.78, 5) is 24.3. The molecule has 8 heteroatoms. The molecule has 2 N–H and O–H groups in total. The van der Waals surface area contributed by atoms with Crippen LogP contribution in [-0.2, 0) is 22.1 Å². The van der Waals surface area contributed by atoms with Crippen molar-refractivity contribution in [1.29, 1.82) is 0 Å². The van der Waals surface area contributed by atoms with Crippen LogP contribution in [0.5, 0.6) is 0 Å². The topological polar surface area (TPSA) is 88.9 Å². The van der Waals surface area contributed by atoms with Gasteiger partial charge in [0.2, 0.25) is 11.8 Å². The maximum atomic E-state index is 12.3. The highest BCUT2D eigenvalue weighted by Crippen LogP contribution is 2.27. The molecule has 1 aromatic heterocycles. The molecule has 1 fully saturated rings.